The standard InChI is InChI=1S/C27H27F3N6O4/c1-14-24(27(3,4)25(37)38)15(2)35(33-14)23-10-22(20(30)11-31-23)40-19-12-34(13-19)26(39)36-21(5-6-32-36)16-7-17(28)9-18(29)8-16/h6-11,19,21H,5,12-13H2,1-4H3,(H,37,38). The van der Waals surface area contributed by atoms with E-state index in [0.717, 1.165) is 12.3 Å². The number of pyridine rings is 1. The second-order valence-corrected chi connectivity index (χ2v) is 10.4. The molecule has 0 aliphatic carbocycles. The third-order valence-electron chi connectivity index (χ3n) is 7.18. The molecule has 2 aromatic heterocycles. The maximum atomic E-state index is 14.6. The van der Waals surface area contributed by atoms with Gasteiger partial charge in [0.1, 0.15) is 17.7 Å². The van der Waals surface area contributed by atoms with Crippen molar-refractivity contribution in [1.29, 1.82) is 0 Å². The summed E-state index contributed by atoms with van der Waals surface area (Å²) in [5.41, 5.74) is 0.687. The number of likely N-dealkylation sites (tertiary alicyclic amines) is 1. The van der Waals surface area contributed by atoms with Crippen molar-refractivity contribution in [3.05, 3.63) is 70.4 Å². The number of amides is 2. The number of carbonyl (C=O) groups is 2. The Balaban J connectivity index is 1.28. The van der Waals surface area contributed by atoms with Gasteiger partial charge in [-0.15, -0.1) is 0 Å². The molecule has 10 nitrogen and oxygen atoms in total. The van der Waals surface area contributed by atoms with Crippen LogP contribution in [0.4, 0.5) is 18.0 Å². The van der Waals surface area contributed by atoms with E-state index in [2.05, 4.69) is 15.2 Å². The van der Waals surface area contributed by atoms with Crippen molar-refractivity contribution in [2.75, 3.05) is 13.1 Å². The van der Waals surface area contributed by atoms with Crippen molar-refractivity contribution in [2.45, 2.75) is 51.7 Å². The molecule has 1 N–H and O–H groups in total. The largest absolute Gasteiger partial charge is 0.483 e. The van der Waals surface area contributed by atoms with Crippen molar-refractivity contribution in [1.82, 2.24) is 24.7 Å². The van der Waals surface area contributed by atoms with E-state index in [9.17, 15) is 27.9 Å². The predicted octanol–water partition coefficient (Wildman–Crippen LogP) is 4.28. The first-order valence-corrected chi connectivity index (χ1v) is 12.6. The first-order chi connectivity index (χ1) is 18.9. The van der Waals surface area contributed by atoms with Crippen LogP contribution in [-0.4, -0.2) is 67.2 Å². The fourth-order valence-electron chi connectivity index (χ4n) is 5.13. The molecule has 40 heavy (non-hydrogen) atoms. The summed E-state index contributed by atoms with van der Waals surface area (Å²) in [4.78, 5) is 30.4. The normalized spacial score (nSPS) is 17.3. The lowest BCUT2D eigenvalue weighted by Crippen LogP contribution is -2.58. The average Bonchev–Trinajstić information content (AvgIpc) is 3.45. The molecule has 0 bridgehead atoms. The molecule has 1 fully saturated rings. The third-order valence-corrected chi connectivity index (χ3v) is 7.18. The number of carboxylic acids is 1. The van der Waals surface area contributed by atoms with E-state index in [0.29, 0.717) is 28.9 Å². The van der Waals surface area contributed by atoms with Gasteiger partial charge in [0.2, 0.25) is 0 Å². The average molecular weight is 557 g/mol. The van der Waals surface area contributed by atoms with Gasteiger partial charge in [0.05, 0.1) is 36.4 Å². The third kappa shape index (κ3) is 4.75. The molecular formula is C27H27F3N6O4. The summed E-state index contributed by atoms with van der Waals surface area (Å²) in [6, 6.07) is 3.36. The first kappa shape index (κ1) is 27.2. The van der Waals surface area contributed by atoms with E-state index >= 15 is 0 Å². The van der Waals surface area contributed by atoms with E-state index in [-0.39, 0.29) is 24.7 Å². The smallest absolute Gasteiger partial charge is 0.341 e. The van der Waals surface area contributed by atoms with Crippen molar-refractivity contribution in [3.63, 3.8) is 0 Å². The Morgan fingerprint density at radius 2 is 1.75 bits per heavy atom. The molecule has 2 aliphatic rings. The zero-order valence-corrected chi connectivity index (χ0v) is 22.2. The van der Waals surface area contributed by atoms with Gasteiger partial charge >= 0.3 is 12.0 Å². The Hall–Kier alpha value is -4.42. The molecule has 13 heteroatoms. The van der Waals surface area contributed by atoms with Gasteiger partial charge in [-0.2, -0.15) is 10.2 Å². The highest BCUT2D eigenvalue weighted by molar-refractivity contribution is 5.81. The van der Waals surface area contributed by atoms with Crippen LogP contribution >= 0.6 is 0 Å². The number of aromatic nitrogens is 3. The lowest BCUT2D eigenvalue weighted by molar-refractivity contribution is -0.142. The Morgan fingerprint density at radius 1 is 1.07 bits per heavy atom. The molecule has 0 radical (unpaired) electrons. The molecular weight excluding hydrogens is 529 g/mol. The number of hydrogen-bond acceptors (Lipinski definition) is 6. The number of carboxylic acid groups (broad SMARTS) is 1. The molecule has 1 unspecified atom stereocenters. The number of carbonyl (C=O) groups excluding carboxylic acids is 1. The first-order valence-electron chi connectivity index (χ1n) is 12.6. The Bertz CT molecular complexity index is 1510. The second kappa shape index (κ2) is 9.96. The van der Waals surface area contributed by atoms with Gasteiger partial charge in [0, 0.05) is 36.0 Å². The molecule has 1 saturated heterocycles. The fourth-order valence-corrected chi connectivity index (χ4v) is 5.13. The van der Waals surface area contributed by atoms with Gasteiger partial charge in [-0.3, -0.25) is 4.79 Å². The number of ether oxygens (including phenoxy) is 1. The number of aryl methyl sites for hydroxylation is 1. The van der Waals surface area contributed by atoms with Gasteiger partial charge in [0.25, 0.3) is 0 Å². The molecule has 4 heterocycles. The minimum Gasteiger partial charge on any atom is -0.483 e. The number of aliphatic carboxylic acids is 1. The molecule has 1 aromatic carbocycles. The molecule has 1 atom stereocenters. The summed E-state index contributed by atoms with van der Waals surface area (Å²) in [7, 11) is 0. The lowest BCUT2D eigenvalue weighted by atomic mass is 9.83. The summed E-state index contributed by atoms with van der Waals surface area (Å²) < 4.78 is 49.3. The van der Waals surface area contributed by atoms with Crippen LogP contribution in [0.3, 0.4) is 0 Å². The highest BCUT2D eigenvalue weighted by Crippen LogP contribution is 2.33. The van der Waals surface area contributed by atoms with E-state index in [1.807, 2.05) is 0 Å². The van der Waals surface area contributed by atoms with Gasteiger partial charge in [-0.1, -0.05) is 0 Å². The van der Waals surface area contributed by atoms with Crippen LogP contribution in [0.1, 0.15) is 48.8 Å². The van der Waals surface area contributed by atoms with Crippen LogP contribution < -0.4 is 4.74 Å². The Labute approximate surface area is 227 Å². The second-order valence-electron chi connectivity index (χ2n) is 10.4. The highest BCUT2D eigenvalue weighted by Gasteiger charge is 2.40. The van der Waals surface area contributed by atoms with E-state index in [4.69, 9.17) is 4.74 Å². The van der Waals surface area contributed by atoms with Crippen LogP contribution in [0.15, 0.2) is 35.6 Å². The molecule has 2 amide bonds. The SMILES string of the molecule is Cc1nn(-c2cc(OC3CN(C(=O)N4N=CCC4c4cc(F)cc(F)c4)C3)c(F)cn2)c(C)c1C(C)(C)C(=O)O. The monoisotopic (exact) mass is 556 g/mol. The van der Waals surface area contributed by atoms with Gasteiger partial charge < -0.3 is 14.7 Å². The van der Waals surface area contributed by atoms with Crippen molar-refractivity contribution in [2.24, 2.45) is 5.10 Å². The van der Waals surface area contributed by atoms with Crippen molar-refractivity contribution >= 4 is 18.2 Å². The summed E-state index contributed by atoms with van der Waals surface area (Å²) in [6.07, 6.45) is 2.29. The van der Waals surface area contributed by atoms with Crippen LogP contribution in [-0.2, 0) is 10.2 Å². The number of benzene rings is 1. The maximum absolute atomic E-state index is 14.6. The van der Waals surface area contributed by atoms with E-state index in [1.54, 1.807) is 27.7 Å². The quantitative estimate of drug-likeness (QED) is 0.485. The lowest BCUT2D eigenvalue weighted by Gasteiger charge is -2.41. The van der Waals surface area contributed by atoms with Crippen molar-refractivity contribution in [3.8, 4) is 11.6 Å². The minimum atomic E-state index is -1.20. The van der Waals surface area contributed by atoms with Crippen LogP contribution in [0.5, 0.6) is 5.75 Å². The molecule has 5 rings (SSSR count). The molecule has 2 aliphatic heterocycles. The minimum absolute atomic E-state index is 0.0963. The molecule has 3 aromatic rings. The van der Waals surface area contributed by atoms with Crippen LogP contribution in [0, 0.1) is 31.3 Å². The molecule has 0 saturated carbocycles. The highest BCUT2D eigenvalue weighted by atomic mass is 19.1. The number of hydrazone groups is 1. The molecule has 0 spiro atoms. The number of hydrogen-bond donors (Lipinski definition) is 1. The van der Waals surface area contributed by atoms with Gasteiger partial charge in [-0.05, 0) is 45.4 Å². The van der Waals surface area contributed by atoms with Crippen LogP contribution in [0.2, 0.25) is 0 Å². The topological polar surface area (TPSA) is 113 Å². The summed E-state index contributed by atoms with van der Waals surface area (Å²) in [5, 5.41) is 19.4. The van der Waals surface area contributed by atoms with Gasteiger partial charge in [-0.25, -0.2) is 32.6 Å². The number of halogens is 3. The fraction of sp³-hybridized carbons (Fsp3) is 0.370. The van der Waals surface area contributed by atoms with E-state index < -0.39 is 47.0 Å². The number of urea groups is 1. The van der Waals surface area contributed by atoms with Crippen LogP contribution in [0.25, 0.3) is 5.82 Å². The zero-order valence-electron chi connectivity index (χ0n) is 22.2. The van der Waals surface area contributed by atoms with E-state index in [1.165, 1.54) is 39.0 Å². The zero-order chi connectivity index (χ0) is 28.9. The van der Waals surface area contributed by atoms with Gasteiger partial charge in [0.15, 0.2) is 17.4 Å². The predicted molar refractivity (Wildman–Crippen MR) is 137 cm³/mol. The Kier molecular flexibility index (Phi) is 6.76. The number of rotatable bonds is 6. The molecule has 210 valence electrons. The summed E-state index contributed by atoms with van der Waals surface area (Å²) in [5.74, 6) is -3.05. The summed E-state index contributed by atoms with van der Waals surface area (Å²) >= 11 is 0. The number of nitrogens with zero attached hydrogens (tertiary/aromatic N) is 6. The maximum Gasteiger partial charge on any atom is 0.341 e. The Morgan fingerprint density at radius 3 is 2.40 bits per heavy atom. The summed E-state index contributed by atoms with van der Waals surface area (Å²) in [6.45, 7) is 6.86. The van der Waals surface area contributed by atoms with Crippen molar-refractivity contribution < 1.29 is 32.6 Å².